The minimum absolute atomic E-state index is 0.00599. The van der Waals surface area contributed by atoms with Crippen molar-refractivity contribution in [1.82, 2.24) is 14.1 Å². The lowest BCUT2D eigenvalue weighted by Crippen LogP contribution is -2.26. The van der Waals surface area contributed by atoms with Gasteiger partial charge in [-0.3, -0.25) is 4.79 Å². The molecule has 2 aromatic heterocycles. The Labute approximate surface area is 175 Å². The molecular weight excluding hydrogens is 374 g/mol. The summed E-state index contributed by atoms with van der Waals surface area (Å²) in [5, 5.41) is 0. The molecule has 1 saturated heterocycles. The summed E-state index contributed by atoms with van der Waals surface area (Å²) >= 11 is 0. The number of rotatable bonds is 4. The fourth-order valence-corrected chi connectivity index (χ4v) is 4.53. The summed E-state index contributed by atoms with van der Waals surface area (Å²) in [6.07, 6.45) is 5.94. The molecular formula is C25H25N3O2. The molecule has 30 heavy (non-hydrogen) atoms. The second-order valence-electron chi connectivity index (χ2n) is 8.03. The van der Waals surface area contributed by atoms with E-state index >= 15 is 0 Å². The van der Waals surface area contributed by atoms with E-state index in [0.29, 0.717) is 5.92 Å². The van der Waals surface area contributed by atoms with Crippen LogP contribution in [0.5, 0.6) is 0 Å². The smallest absolute Gasteiger partial charge is 0.250 e. The molecule has 2 aromatic carbocycles. The molecule has 0 radical (unpaired) electrons. The molecule has 5 rings (SSSR count). The van der Waals surface area contributed by atoms with Crippen LogP contribution in [0.25, 0.3) is 22.2 Å². The number of hydrogen-bond donors (Lipinski definition) is 0. The van der Waals surface area contributed by atoms with Gasteiger partial charge in [-0.15, -0.1) is 0 Å². The summed E-state index contributed by atoms with van der Waals surface area (Å²) in [6.45, 7) is 1.62. The first-order valence-corrected chi connectivity index (χ1v) is 10.5. The van der Waals surface area contributed by atoms with Gasteiger partial charge in [0, 0.05) is 32.5 Å². The number of benzene rings is 2. The monoisotopic (exact) mass is 399 g/mol. The van der Waals surface area contributed by atoms with Crippen LogP contribution in [0.15, 0.2) is 78.0 Å². The Bertz CT molecular complexity index is 1220. The van der Waals surface area contributed by atoms with E-state index in [2.05, 4.69) is 53.1 Å². The lowest BCUT2D eigenvalue weighted by Gasteiger charge is -2.32. The zero-order valence-electron chi connectivity index (χ0n) is 17.1. The molecule has 0 amide bonds. The number of nitrogens with zero attached hydrogens (tertiary/aromatic N) is 3. The zero-order valence-corrected chi connectivity index (χ0v) is 17.1. The molecule has 1 atom stereocenters. The first-order chi connectivity index (χ1) is 14.7. The number of fused-ring (bicyclic) bond motifs is 1. The fraction of sp³-hybridized carbons (Fsp3) is 0.280. The van der Waals surface area contributed by atoms with Crippen molar-refractivity contribution < 1.29 is 4.74 Å². The molecule has 0 bridgehead atoms. The number of aryl methyl sites for hydroxylation is 1. The molecule has 3 heterocycles. The van der Waals surface area contributed by atoms with Gasteiger partial charge in [-0.2, -0.15) is 0 Å². The average Bonchev–Trinajstić information content (AvgIpc) is 3.20. The van der Waals surface area contributed by atoms with Crippen LogP contribution in [0.4, 0.5) is 0 Å². The lowest BCUT2D eigenvalue weighted by molar-refractivity contribution is 0.0547. The molecule has 0 spiro atoms. The minimum Gasteiger partial charge on any atom is -0.381 e. The van der Waals surface area contributed by atoms with Crippen molar-refractivity contribution in [1.29, 1.82) is 0 Å². The molecule has 4 aromatic rings. The van der Waals surface area contributed by atoms with E-state index in [0.717, 1.165) is 48.2 Å². The predicted octanol–water partition coefficient (Wildman–Crippen LogP) is 4.42. The number of ether oxygens (including phenoxy) is 1. The van der Waals surface area contributed by atoms with E-state index in [1.807, 2.05) is 18.6 Å². The van der Waals surface area contributed by atoms with E-state index in [-0.39, 0.29) is 11.6 Å². The summed E-state index contributed by atoms with van der Waals surface area (Å²) < 4.78 is 9.58. The number of aromatic nitrogens is 3. The van der Waals surface area contributed by atoms with Crippen LogP contribution < -0.4 is 5.56 Å². The molecule has 1 aliphatic rings. The van der Waals surface area contributed by atoms with Crippen molar-refractivity contribution in [2.24, 2.45) is 13.0 Å². The summed E-state index contributed by atoms with van der Waals surface area (Å²) in [4.78, 5) is 16.5. The minimum atomic E-state index is -0.00599. The van der Waals surface area contributed by atoms with E-state index in [9.17, 15) is 4.79 Å². The first kappa shape index (κ1) is 18.8. The second kappa shape index (κ2) is 7.92. The molecule has 5 heteroatoms. The Balaban J connectivity index is 1.64. The molecule has 0 unspecified atom stereocenters. The average molecular weight is 399 g/mol. The molecule has 0 saturated carbocycles. The van der Waals surface area contributed by atoms with Crippen molar-refractivity contribution in [3.63, 3.8) is 0 Å². The highest BCUT2D eigenvalue weighted by atomic mass is 16.5. The van der Waals surface area contributed by atoms with Gasteiger partial charge in [0.2, 0.25) is 5.56 Å². The van der Waals surface area contributed by atoms with Crippen LogP contribution >= 0.6 is 0 Å². The summed E-state index contributed by atoms with van der Waals surface area (Å²) in [7, 11) is 1.78. The first-order valence-electron chi connectivity index (χ1n) is 10.5. The Morgan fingerprint density at radius 2 is 1.77 bits per heavy atom. The summed E-state index contributed by atoms with van der Waals surface area (Å²) in [6, 6.07) is 20.8. The predicted molar refractivity (Wildman–Crippen MR) is 119 cm³/mol. The molecule has 0 aliphatic carbocycles. The maximum atomic E-state index is 11.8. The maximum absolute atomic E-state index is 11.8. The van der Waals surface area contributed by atoms with Crippen molar-refractivity contribution in [3.05, 3.63) is 89.1 Å². The van der Waals surface area contributed by atoms with Crippen molar-refractivity contribution in [3.8, 4) is 11.1 Å². The standard InChI is InChI=1S/C25H25N3O2/c1-27-16-21(8-10-24(27)29)20-7-9-22-23(15-20)28(17-26-22)25(18-5-3-2-4-6-18)19-11-13-30-14-12-19/h2-10,15-17,19,25H,11-14H2,1H3/t25-/m0/s1. The van der Waals surface area contributed by atoms with Crippen LogP contribution in [0, 0.1) is 5.92 Å². The van der Waals surface area contributed by atoms with Crippen LogP contribution in [-0.4, -0.2) is 27.3 Å². The normalized spacial score (nSPS) is 16.0. The topological polar surface area (TPSA) is 49.0 Å². The molecule has 0 N–H and O–H groups in total. The van der Waals surface area contributed by atoms with Gasteiger partial charge < -0.3 is 13.9 Å². The van der Waals surface area contributed by atoms with Gasteiger partial charge in [0.15, 0.2) is 0 Å². The Morgan fingerprint density at radius 3 is 2.53 bits per heavy atom. The van der Waals surface area contributed by atoms with Crippen molar-refractivity contribution >= 4 is 11.0 Å². The Kier molecular flexibility index (Phi) is 4.97. The van der Waals surface area contributed by atoms with Gasteiger partial charge in [-0.1, -0.05) is 36.4 Å². The molecule has 1 aliphatic heterocycles. The van der Waals surface area contributed by atoms with Gasteiger partial charge in [-0.05, 0) is 53.6 Å². The van der Waals surface area contributed by atoms with Gasteiger partial charge in [0.25, 0.3) is 0 Å². The van der Waals surface area contributed by atoms with Crippen LogP contribution in [0.3, 0.4) is 0 Å². The van der Waals surface area contributed by atoms with Gasteiger partial charge >= 0.3 is 0 Å². The molecule has 1 fully saturated rings. The third-order valence-corrected chi connectivity index (χ3v) is 6.15. The highest BCUT2D eigenvalue weighted by molar-refractivity contribution is 5.82. The Morgan fingerprint density at radius 1 is 1.00 bits per heavy atom. The van der Waals surface area contributed by atoms with Crippen LogP contribution in [0.1, 0.15) is 24.4 Å². The van der Waals surface area contributed by atoms with E-state index in [1.54, 1.807) is 17.7 Å². The number of hydrogen-bond acceptors (Lipinski definition) is 3. The third kappa shape index (κ3) is 3.46. The second-order valence-corrected chi connectivity index (χ2v) is 8.03. The highest BCUT2D eigenvalue weighted by Crippen LogP contribution is 2.36. The van der Waals surface area contributed by atoms with Crippen molar-refractivity contribution in [2.45, 2.75) is 18.9 Å². The summed E-state index contributed by atoms with van der Waals surface area (Å²) in [5.74, 6) is 0.500. The molecule has 152 valence electrons. The maximum Gasteiger partial charge on any atom is 0.250 e. The van der Waals surface area contributed by atoms with Crippen LogP contribution in [0.2, 0.25) is 0 Å². The van der Waals surface area contributed by atoms with Crippen molar-refractivity contribution in [2.75, 3.05) is 13.2 Å². The summed E-state index contributed by atoms with van der Waals surface area (Å²) in [5.41, 5.74) is 5.50. The molecule has 5 nitrogen and oxygen atoms in total. The van der Waals surface area contributed by atoms with Crippen LogP contribution in [-0.2, 0) is 11.8 Å². The Hall–Kier alpha value is -3.18. The van der Waals surface area contributed by atoms with Gasteiger partial charge in [-0.25, -0.2) is 4.98 Å². The lowest BCUT2D eigenvalue weighted by atomic mass is 9.86. The highest BCUT2D eigenvalue weighted by Gasteiger charge is 2.28. The number of imidazole rings is 1. The third-order valence-electron chi connectivity index (χ3n) is 6.15. The van der Waals surface area contributed by atoms with E-state index in [1.165, 1.54) is 5.56 Å². The SMILES string of the molecule is Cn1cc(-c2ccc3ncn([C@@H](c4ccccc4)C4CCOCC4)c3c2)ccc1=O. The van der Waals surface area contributed by atoms with E-state index < -0.39 is 0 Å². The largest absolute Gasteiger partial charge is 0.381 e. The van der Waals surface area contributed by atoms with Gasteiger partial charge in [0.05, 0.1) is 23.4 Å². The van der Waals surface area contributed by atoms with E-state index in [4.69, 9.17) is 9.72 Å². The van der Waals surface area contributed by atoms with Gasteiger partial charge in [0.1, 0.15) is 0 Å². The quantitative estimate of drug-likeness (QED) is 0.510. The fourth-order valence-electron chi connectivity index (χ4n) is 4.53. The number of pyridine rings is 1. The zero-order chi connectivity index (χ0) is 20.5.